The summed E-state index contributed by atoms with van der Waals surface area (Å²) in [6.45, 7) is 26.9. The standard InChI is InChI=1S/C22H45FN2O.C11H24.2C2H6/c1-8-10-11-12-13-14-15-16-19(9-2)20(26)24-22(6,7)17-21(4,5)18(3)25-23;1-3-5-7-9-11-10-8-6-4-2;2*1-2/h18-19,25H,8-17H2,1-7H3,(H,24,26);3-11H2,1-2H3;2*1-2H3. The second-order valence-corrected chi connectivity index (χ2v) is 12.9. The fourth-order valence-corrected chi connectivity index (χ4v) is 5.17. The molecule has 0 aliphatic heterocycles. The van der Waals surface area contributed by atoms with E-state index in [1.54, 1.807) is 0 Å². The van der Waals surface area contributed by atoms with E-state index < -0.39 is 0 Å². The predicted molar refractivity (Wildman–Crippen MR) is 186 cm³/mol. The third kappa shape index (κ3) is 32.1. The lowest BCUT2D eigenvalue weighted by atomic mass is 9.75. The summed E-state index contributed by atoms with van der Waals surface area (Å²) in [6, 6.07) is -0.256. The smallest absolute Gasteiger partial charge is 0.223 e. The van der Waals surface area contributed by atoms with Crippen molar-refractivity contribution in [3.63, 3.8) is 0 Å². The Morgan fingerprint density at radius 2 is 0.976 bits per heavy atom. The van der Waals surface area contributed by atoms with Crippen LogP contribution >= 0.6 is 0 Å². The Hall–Kier alpha value is -0.640. The zero-order valence-corrected chi connectivity index (χ0v) is 30.9. The van der Waals surface area contributed by atoms with Crippen molar-refractivity contribution >= 4 is 5.91 Å². The fourth-order valence-electron chi connectivity index (χ4n) is 5.17. The lowest BCUT2D eigenvalue weighted by Crippen LogP contribution is -2.51. The molecule has 0 aromatic carbocycles. The van der Waals surface area contributed by atoms with Crippen molar-refractivity contribution in [2.24, 2.45) is 11.3 Å². The van der Waals surface area contributed by atoms with Crippen molar-refractivity contribution in [3.8, 4) is 0 Å². The molecule has 0 fully saturated rings. The molecule has 0 aromatic heterocycles. The van der Waals surface area contributed by atoms with Gasteiger partial charge in [0.1, 0.15) is 0 Å². The molecule has 0 bridgehead atoms. The van der Waals surface area contributed by atoms with E-state index in [1.807, 2.05) is 67.9 Å². The lowest BCUT2D eigenvalue weighted by molar-refractivity contribution is -0.127. The summed E-state index contributed by atoms with van der Waals surface area (Å²) < 4.78 is 12.8. The molecule has 0 aliphatic rings. The molecule has 0 heterocycles. The van der Waals surface area contributed by atoms with Crippen LogP contribution in [0.15, 0.2) is 0 Å². The summed E-state index contributed by atoms with van der Waals surface area (Å²) in [6.07, 6.45) is 24.4. The van der Waals surface area contributed by atoms with Gasteiger partial charge in [-0.3, -0.25) is 4.79 Å². The number of rotatable bonds is 23. The topological polar surface area (TPSA) is 41.1 Å². The van der Waals surface area contributed by atoms with Gasteiger partial charge in [-0.05, 0) is 45.4 Å². The number of carbonyl (C=O) groups excluding carboxylic acids is 1. The third-order valence-corrected chi connectivity index (χ3v) is 7.92. The number of hydrogen-bond donors (Lipinski definition) is 2. The molecule has 0 saturated heterocycles. The maximum Gasteiger partial charge on any atom is 0.223 e. The van der Waals surface area contributed by atoms with Crippen LogP contribution in [0.1, 0.15) is 212 Å². The molecular weight excluding hydrogens is 507 g/mol. The number of nitrogens with one attached hydrogen (secondary N) is 2. The quantitative estimate of drug-likeness (QED) is 0.0920. The van der Waals surface area contributed by atoms with Crippen LogP contribution in [0, 0.1) is 11.3 Å². The van der Waals surface area contributed by atoms with E-state index in [1.165, 1.54) is 96.3 Å². The summed E-state index contributed by atoms with van der Waals surface area (Å²) in [5.41, 5.74) is 1.26. The van der Waals surface area contributed by atoms with Crippen LogP contribution in [0.25, 0.3) is 0 Å². The average molecular weight is 589 g/mol. The van der Waals surface area contributed by atoms with Crippen molar-refractivity contribution in [1.82, 2.24) is 10.9 Å². The van der Waals surface area contributed by atoms with Gasteiger partial charge in [-0.1, -0.05) is 172 Å². The van der Waals surface area contributed by atoms with Crippen LogP contribution in [0.2, 0.25) is 0 Å². The van der Waals surface area contributed by atoms with Crippen molar-refractivity contribution in [3.05, 3.63) is 0 Å². The van der Waals surface area contributed by atoms with E-state index in [2.05, 4.69) is 33.0 Å². The molecule has 2 N–H and O–H groups in total. The monoisotopic (exact) mass is 589 g/mol. The normalized spacial score (nSPS) is 12.5. The molecule has 2 atom stereocenters. The Bertz CT molecular complexity index is 499. The minimum Gasteiger partial charge on any atom is -0.351 e. The number of unbranched alkanes of at least 4 members (excludes halogenated alkanes) is 14. The fraction of sp³-hybridized carbons (Fsp3) is 0.973. The first-order valence-electron chi connectivity index (χ1n) is 18.2. The molecule has 0 aromatic rings. The molecule has 0 radical (unpaired) electrons. The largest absolute Gasteiger partial charge is 0.351 e. The summed E-state index contributed by atoms with van der Waals surface area (Å²) in [5.74, 6) is 0.241. The van der Waals surface area contributed by atoms with Gasteiger partial charge >= 0.3 is 0 Å². The molecule has 0 rings (SSSR count). The van der Waals surface area contributed by atoms with Crippen LogP contribution in [-0.4, -0.2) is 17.5 Å². The first-order chi connectivity index (χ1) is 19.5. The van der Waals surface area contributed by atoms with Crippen LogP contribution in [0.5, 0.6) is 0 Å². The van der Waals surface area contributed by atoms with E-state index in [4.69, 9.17) is 0 Å². The van der Waals surface area contributed by atoms with E-state index in [9.17, 15) is 9.28 Å². The molecule has 0 aliphatic carbocycles. The Morgan fingerprint density at radius 1 is 0.634 bits per heavy atom. The summed E-state index contributed by atoms with van der Waals surface area (Å²) in [7, 11) is 0. The minimum atomic E-state index is -0.348. The molecular formula is C37H81FN2O. The van der Waals surface area contributed by atoms with Gasteiger partial charge in [0.2, 0.25) is 5.91 Å². The molecule has 252 valence electrons. The van der Waals surface area contributed by atoms with Crippen molar-refractivity contribution < 1.29 is 9.28 Å². The van der Waals surface area contributed by atoms with Crippen molar-refractivity contribution in [2.75, 3.05) is 0 Å². The number of amides is 1. The van der Waals surface area contributed by atoms with Gasteiger partial charge < -0.3 is 5.32 Å². The highest BCUT2D eigenvalue weighted by Gasteiger charge is 2.35. The highest BCUT2D eigenvalue weighted by molar-refractivity contribution is 5.79. The summed E-state index contributed by atoms with van der Waals surface area (Å²) in [5, 5.41) is 3.22. The van der Waals surface area contributed by atoms with E-state index in [-0.39, 0.29) is 28.8 Å². The van der Waals surface area contributed by atoms with Gasteiger partial charge in [0, 0.05) is 17.5 Å². The maximum absolute atomic E-state index is 12.8. The van der Waals surface area contributed by atoms with Gasteiger partial charge in [0.15, 0.2) is 0 Å². The van der Waals surface area contributed by atoms with E-state index in [0.717, 1.165) is 25.7 Å². The lowest BCUT2D eigenvalue weighted by Gasteiger charge is -2.39. The van der Waals surface area contributed by atoms with Crippen molar-refractivity contribution in [1.29, 1.82) is 0 Å². The summed E-state index contributed by atoms with van der Waals surface area (Å²) >= 11 is 0. The van der Waals surface area contributed by atoms with Crippen LogP contribution in [0.4, 0.5) is 4.48 Å². The van der Waals surface area contributed by atoms with Crippen LogP contribution in [-0.2, 0) is 4.79 Å². The first kappa shape index (κ1) is 47.3. The van der Waals surface area contributed by atoms with E-state index >= 15 is 0 Å². The zero-order chi connectivity index (χ0) is 32.6. The number of halogens is 1. The van der Waals surface area contributed by atoms with Gasteiger partial charge in [0.25, 0.3) is 0 Å². The Morgan fingerprint density at radius 3 is 1.29 bits per heavy atom. The third-order valence-electron chi connectivity index (χ3n) is 7.92. The average Bonchev–Trinajstić information content (AvgIpc) is 2.95. The number of carbonyl (C=O) groups is 1. The highest BCUT2D eigenvalue weighted by atomic mass is 19.2. The molecule has 1 amide bonds. The molecule has 4 heteroatoms. The Kier molecular flexibility index (Phi) is 39.1. The second-order valence-electron chi connectivity index (χ2n) is 12.9. The maximum atomic E-state index is 12.8. The predicted octanol–water partition coefficient (Wildman–Crippen LogP) is 12.9. The van der Waals surface area contributed by atoms with E-state index in [0.29, 0.717) is 0 Å². The Labute approximate surface area is 260 Å². The van der Waals surface area contributed by atoms with Gasteiger partial charge in [-0.25, -0.2) is 0 Å². The highest BCUT2D eigenvalue weighted by Crippen LogP contribution is 2.32. The SMILES string of the molecule is CC.CC.CCCCCCCCCC(CC)C(=O)NC(C)(C)CC(C)(C)C(C)NF.CCCCCCCCCCC. The summed E-state index contributed by atoms with van der Waals surface area (Å²) in [4.78, 5) is 12.7. The van der Waals surface area contributed by atoms with Crippen LogP contribution in [0.3, 0.4) is 0 Å². The molecule has 2 unspecified atom stereocenters. The number of hydrogen-bond acceptors (Lipinski definition) is 2. The molecule has 0 saturated carbocycles. The van der Waals surface area contributed by atoms with Gasteiger partial charge in [-0.2, -0.15) is 5.54 Å². The van der Waals surface area contributed by atoms with Gasteiger partial charge in [0.05, 0.1) is 0 Å². The molecule has 3 nitrogen and oxygen atoms in total. The van der Waals surface area contributed by atoms with Crippen molar-refractivity contribution in [2.45, 2.75) is 224 Å². The molecule has 41 heavy (non-hydrogen) atoms. The zero-order valence-electron chi connectivity index (χ0n) is 30.9. The first-order valence-corrected chi connectivity index (χ1v) is 18.2. The van der Waals surface area contributed by atoms with Crippen LogP contribution < -0.4 is 10.9 Å². The molecule has 0 spiro atoms. The Balaban J connectivity index is -0.000000379. The minimum absolute atomic E-state index is 0.0877. The van der Waals surface area contributed by atoms with Gasteiger partial charge in [-0.15, -0.1) is 4.48 Å². The second kappa shape index (κ2) is 33.9.